The topological polar surface area (TPSA) is 104 Å². The fourth-order valence-electron chi connectivity index (χ4n) is 4.27. The zero-order valence-electron chi connectivity index (χ0n) is 22.2. The van der Waals surface area contributed by atoms with Gasteiger partial charge in [-0.1, -0.05) is 85.1 Å². The Morgan fingerprint density at radius 3 is 1.76 bits per heavy atom. The lowest BCUT2D eigenvalue weighted by atomic mass is 9.82. The molecule has 0 amide bonds. The average molecular weight is 481 g/mol. The molecule has 0 fully saturated rings. The number of aromatic carboxylic acids is 2. The van der Waals surface area contributed by atoms with Crippen LogP contribution in [0.4, 0.5) is 0 Å². The Labute approximate surface area is 206 Å². The maximum Gasteiger partial charge on any atom is 0.336 e. The Hall–Kier alpha value is -1.92. The number of hydrogen-bond donors (Lipinski definition) is 3. The number of aliphatic hydroxyl groups is 1. The number of unbranched alkanes of at least 4 members (excludes halogenated alkanes) is 2. The second-order valence-electron chi connectivity index (χ2n) is 9.28. The van der Waals surface area contributed by atoms with Crippen molar-refractivity contribution in [2.75, 3.05) is 13.7 Å². The van der Waals surface area contributed by atoms with E-state index in [1.165, 1.54) is 12.5 Å². The van der Waals surface area contributed by atoms with E-state index in [-0.39, 0.29) is 17.2 Å². The summed E-state index contributed by atoms with van der Waals surface area (Å²) in [5.41, 5.74) is 1.70. The normalized spacial score (nSPS) is 13.5. The molecule has 6 nitrogen and oxygen atoms in total. The van der Waals surface area contributed by atoms with Crippen molar-refractivity contribution in [1.29, 1.82) is 0 Å². The first-order valence-electron chi connectivity index (χ1n) is 12.9. The van der Waals surface area contributed by atoms with Crippen LogP contribution in [0.1, 0.15) is 118 Å². The molecule has 0 heterocycles. The molecule has 0 aliphatic carbocycles. The number of benzene rings is 1. The quantitative estimate of drug-likeness (QED) is 0.246. The van der Waals surface area contributed by atoms with Gasteiger partial charge in [-0.15, -0.1) is 0 Å². The molecule has 34 heavy (non-hydrogen) atoms. The highest BCUT2D eigenvalue weighted by Crippen LogP contribution is 2.30. The maximum atomic E-state index is 12.0. The molecule has 0 radical (unpaired) electrons. The number of ether oxygens (including phenoxy) is 1. The van der Waals surface area contributed by atoms with Crippen LogP contribution in [0, 0.1) is 11.8 Å². The molecular weight excluding hydrogens is 432 g/mol. The molecule has 0 aliphatic rings. The molecule has 3 N–H and O–H groups in total. The number of methoxy groups -OCH3 is 1. The minimum absolute atomic E-state index is 0.00490. The summed E-state index contributed by atoms with van der Waals surface area (Å²) in [5.74, 6) is -1.39. The number of hydrogen-bond acceptors (Lipinski definition) is 4. The molecule has 196 valence electrons. The van der Waals surface area contributed by atoms with Gasteiger partial charge in [0.25, 0.3) is 0 Å². The summed E-state index contributed by atoms with van der Waals surface area (Å²) in [4.78, 5) is 23.7. The number of carboxylic acid groups (broad SMARTS) is 2. The first-order valence-corrected chi connectivity index (χ1v) is 12.9. The summed E-state index contributed by atoms with van der Waals surface area (Å²) in [6.45, 7) is 10.8. The highest BCUT2D eigenvalue weighted by molar-refractivity contribution is 6.03. The SMILES string of the molecule is CCCCC(CC)Cc1ccc(C(=O)O)c(C(=O)O)c1CC(CC)CCCC.COCC(C)O. The van der Waals surface area contributed by atoms with E-state index >= 15 is 0 Å². The van der Waals surface area contributed by atoms with Crippen molar-refractivity contribution in [2.45, 2.75) is 105 Å². The van der Waals surface area contributed by atoms with Gasteiger partial charge >= 0.3 is 11.9 Å². The summed E-state index contributed by atoms with van der Waals surface area (Å²) in [5, 5.41) is 27.8. The van der Waals surface area contributed by atoms with Gasteiger partial charge in [-0.3, -0.25) is 0 Å². The second kappa shape index (κ2) is 18.4. The van der Waals surface area contributed by atoms with Crippen molar-refractivity contribution in [3.63, 3.8) is 0 Å². The molecule has 3 unspecified atom stereocenters. The predicted molar refractivity (Wildman–Crippen MR) is 138 cm³/mol. The van der Waals surface area contributed by atoms with Crippen LogP contribution in [0.2, 0.25) is 0 Å². The Bertz CT molecular complexity index is 713. The standard InChI is InChI=1S/C24H38O4.C4H10O2/c1-5-9-11-17(7-3)15-19-13-14-20(23(25)26)22(24(27)28)21(19)16-18(8-4)12-10-6-2;1-4(5)3-6-2/h13-14,17-18H,5-12,15-16H2,1-4H3,(H,25,26)(H,27,28);4-5H,3H2,1-2H3. The second-order valence-corrected chi connectivity index (χ2v) is 9.28. The third-order valence-electron chi connectivity index (χ3n) is 6.35. The average Bonchev–Trinajstić information content (AvgIpc) is 2.79. The fourth-order valence-corrected chi connectivity index (χ4v) is 4.27. The van der Waals surface area contributed by atoms with Crippen molar-refractivity contribution in [2.24, 2.45) is 11.8 Å². The summed E-state index contributed by atoms with van der Waals surface area (Å²) in [7, 11) is 1.56. The molecule has 0 spiro atoms. The molecular formula is C28H48O6. The molecule has 1 aromatic carbocycles. The first kappa shape index (κ1) is 32.1. The largest absolute Gasteiger partial charge is 0.478 e. The van der Waals surface area contributed by atoms with Gasteiger partial charge in [0.05, 0.1) is 23.8 Å². The van der Waals surface area contributed by atoms with E-state index < -0.39 is 11.9 Å². The number of aliphatic hydroxyl groups excluding tert-OH is 1. The molecule has 0 aromatic heterocycles. The van der Waals surface area contributed by atoms with Gasteiger partial charge < -0.3 is 20.1 Å². The lowest BCUT2D eigenvalue weighted by Crippen LogP contribution is -2.18. The first-order chi connectivity index (χ1) is 16.2. The van der Waals surface area contributed by atoms with Gasteiger partial charge in [-0.25, -0.2) is 9.59 Å². The van der Waals surface area contributed by atoms with Crippen LogP contribution < -0.4 is 0 Å². The lowest BCUT2D eigenvalue weighted by molar-refractivity contribution is 0.0650. The van der Waals surface area contributed by atoms with Gasteiger partial charge in [0.2, 0.25) is 0 Å². The van der Waals surface area contributed by atoms with E-state index in [2.05, 4.69) is 32.4 Å². The molecule has 0 saturated heterocycles. The molecule has 1 aromatic rings. The maximum absolute atomic E-state index is 12.0. The zero-order chi connectivity index (χ0) is 26.1. The molecule has 0 saturated carbocycles. The van der Waals surface area contributed by atoms with Crippen LogP contribution in [-0.4, -0.2) is 47.1 Å². The van der Waals surface area contributed by atoms with Gasteiger partial charge in [-0.05, 0) is 48.8 Å². The van der Waals surface area contributed by atoms with Crippen LogP contribution in [0.25, 0.3) is 0 Å². The summed E-state index contributed by atoms with van der Waals surface area (Å²) in [6, 6.07) is 3.36. The van der Waals surface area contributed by atoms with Crippen molar-refractivity contribution < 1.29 is 29.6 Å². The van der Waals surface area contributed by atoms with E-state index in [4.69, 9.17) is 5.11 Å². The summed E-state index contributed by atoms with van der Waals surface area (Å²) in [6.07, 6.45) is 9.90. The molecule has 3 atom stereocenters. The Kier molecular flexibility index (Phi) is 17.4. The Morgan fingerprint density at radius 1 is 0.882 bits per heavy atom. The van der Waals surface area contributed by atoms with E-state index in [1.807, 2.05) is 6.07 Å². The van der Waals surface area contributed by atoms with Crippen molar-refractivity contribution >= 4 is 11.9 Å². The van der Waals surface area contributed by atoms with Crippen LogP contribution in [0.3, 0.4) is 0 Å². The van der Waals surface area contributed by atoms with Gasteiger partial charge in [0.1, 0.15) is 0 Å². The molecule has 0 aliphatic heterocycles. The molecule has 1 rings (SSSR count). The van der Waals surface area contributed by atoms with Crippen LogP contribution in [0.5, 0.6) is 0 Å². The Morgan fingerprint density at radius 2 is 1.41 bits per heavy atom. The number of rotatable bonds is 16. The smallest absolute Gasteiger partial charge is 0.336 e. The van der Waals surface area contributed by atoms with Crippen molar-refractivity contribution in [3.05, 3.63) is 34.4 Å². The van der Waals surface area contributed by atoms with Gasteiger partial charge in [0.15, 0.2) is 0 Å². The van der Waals surface area contributed by atoms with Crippen LogP contribution >= 0.6 is 0 Å². The molecule has 6 heteroatoms. The van der Waals surface area contributed by atoms with Crippen LogP contribution in [-0.2, 0) is 17.6 Å². The highest BCUT2D eigenvalue weighted by Gasteiger charge is 2.25. The van der Waals surface area contributed by atoms with E-state index in [9.17, 15) is 19.8 Å². The number of carboxylic acids is 2. The third-order valence-corrected chi connectivity index (χ3v) is 6.35. The van der Waals surface area contributed by atoms with Gasteiger partial charge in [-0.2, -0.15) is 0 Å². The van der Waals surface area contributed by atoms with Crippen molar-refractivity contribution in [3.8, 4) is 0 Å². The third kappa shape index (κ3) is 12.0. The van der Waals surface area contributed by atoms with Crippen LogP contribution in [0.15, 0.2) is 12.1 Å². The minimum Gasteiger partial charge on any atom is -0.478 e. The zero-order valence-corrected chi connectivity index (χ0v) is 22.2. The minimum atomic E-state index is -1.16. The molecule has 0 bridgehead atoms. The van der Waals surface area contributed by atoms with E-state index in [0.717, 1.165) is 62.5 Å². The summed E-state index contributed by atoms with van der Waals surface area (Å²) >= 11 is 0. The van der Waals surface area contributed by atoms with Gasteiger partial charge in [0, 0.05) is 7.11 Å². The lowest BCUT2D eigenvalue weighted by Gasteiger charge is -2.23. The Balaban J connectivity index is 0.00000160. The predicted octanol–water partition coefficient (Wildman–Crippen LogP) is 6.61. The fraction of sp³-hybridized carbons (Fsp3) is 0.714. The van der Waals surface area contributed by atoms with E-state index in [0.29, 0.717) is 24.9 Å². The van der Waals surface area contributed by atoms with E-state index in [1.54, 1.807) is 14.0 Å². The summed E-state index contributed by atoms with van der Waals surface area (Å²) < 4.78 is 4.55. The number of carbonyl (C=O) groups is 2. The monoisotopic (exact) mass is 480 g/mol. The van der Waals surface area contributed by atoms with Crippen molar-refractivity contribution in [1.82, 2.24) is 0 Å². The highest BCUT2D eigenvalue weighted by atomic mass is 16.5.